The Morgan fingerprint density at radius 3 is 2.19 bits per heavy atom. The highest BCUT2D eigenvalue weighted by atomic mass is 16.5. The summed E-state index contributed by atoms with van der Waals surface area (Å²) >= 11 is 0. The molecule has 0 spiro atoms. The molecular weight excluding hydrogens is 324 g/mol. The molecule has 1 atom stereocenters. The highest BCUT2D eigenvalue weighted by molar-refractivity contribution is 5.93. The van der Waals surface area contributed by atoms with Crippen LogP contribution in [0.25, 0.3) is 0 Å². The van der Waals surface area contributed by atoms with E-state index >= 15 is 0 Å². The molecular formula is C22H34N2O2. The molecule has 0 radical (unpaired) electrons. The van der Waals surface area contributed by atoms with Crippen LogP contribution in [-0.2, 0) is 10.2 Å². The topological polar surface area (TPSA) is 32.8 Å². The zero-order valence-corrected chi connectivity index (χ0v) is 17.0. The molecule has 144 valence electrons. The summed E-state index contributed by atoms with van der Waals surface area (Å²) in [5.74, 6) is 1.09. The van der Waals surface area contributed by atoms with E-state index < -0.39 is 0 Å². The predicted molar refractivity (Wildman–Crippen MR) is 106 cm³/mol. The number of rotatable bonds is 7. The van der Waals surface area contributed by atoms with Crippen molar-refractivity contribution in [2.45, 2.75) is 57.4 Å². The highest BCUT2D eigenvalue weighted by Gasteiger charge is 2.67. The SMILES string of the molecule is COc1ccc(C2(C(=O)N(C)CCN(C)C3CCCC3)CC2(C)C)cc1. The van der Waals surface area contributed by atoms with E-state index in [1.54, 1.807) is 7.11 Å². The zero-order chi connectivity index (χ0) is 18.9. The van der Waals surface area contributed by atoms with Gasteiger partial charge in [0.05, 0.1) is 12.5 Å². The largest absolute Gasteiger partial charge is 0.497 e. The number of methoxy groups -OCH3 is 1. The molecule has 4 heteroatoms. The van der Waals surface area contributed by atoms with Crippen LogP contribution < -0.4 is 4.74 Å². The summed E-state index contributed by atoms with van der Waals surface area (Å²) in [5.41, 5.74) is 0.730. The lowest BCUT2D eigenvalue weighted by atomic mass is 9.86. The van der Waals surface area contributed by atoms with E-state index in [2.05, 4.69) is 37.9 Å². The molecule has 0 N–H and O–H groups in total. The second-order valence-corrected chi connectivity index (χ2v) is 8.84. The first-order valence-electron chi connectivity index (χ1n) is 9.92. The van der Waals surface area contributed by atoms with Crippen molar-refractivity contribution < 1.29 is 9.53 Å². The summed E-state index contributed by atoms with van der Waals surface area (Å²) in [6, 6.07) is 8.75. The van der Waals surface area contributed by atoms with E-state index in [9.17, 15) is 4.79 Å². The number of ether oxygens (including phenoxy) is 1. The van der Waals surface area contributed by atoms with Gasteiger partial charge in [-0.05, 0) is 49.4 Å². The molecule has 2 aliphatic rings. The van der Waals surface area contributed by atoms with Crippen LogP contribution in [0.5, 0.6) is 5.75 Å². The molecule has 0 heterocycles. The number of carbonyl (C=O) groups is 1. The van der Waals surface area contributed by atoms with Gasteiger partial charge in [0.25, 0.3) is 0 Å². The maximum atomic E-state index is 13.4. The molecule has 4 nitrogen and oxygen atoms in total. The lowest BCUT2D eigenvalue weighted by molar-refractivity contribution is -0.133. The molecule has 0 bridgehead atoms. The van der Waals surface area contributed by atoms with Gasteiger partial charge in [0.2, 0.25) is 5.91 Å². The Balaban J connectivity index is 1.68. The minimum absolute atomic E-state index is 0.00425. The van der Waals surface area contributed by atoms with E-state index in [1.165, 1.54) is 25.7 Å². The first-order valence-corrected chi connectivity index (χ1v) is 9.92. The monoisotopic (exact) mass is 358 g/mol. The van der Waals surface area contributed by atoms with Crippen molar-refractivity contribution in [2.75, 3.05) is 34.3 Å². The van der Waals surface area contributed by atoms with Crippen LogP contribution in [0.3, 0.4) is 0 Å². The number of likely N-dealkylation sites (N-methyl/N-ethyl adjacent to an activating group) is 2. The summed E-state index contributed by atoms with van der Waals surface area (Å²) in [7, 11) is 5.84. The van der Waals surface area contributed by atoms with Gasteiger partial charge in [-0.25, -0.2) is 0 Å². The van der Waals surface area contributed by atoms with Crippen LogP contribution in [0.4, 0.5) is 0 Å². The zero-order valence-electron chi connectivity index (χ0n) is 17.0. The van der Waals surface area contributed by atoms with Gasteiger partial charge in [-0.2, -0.15) is 0 Å². The van der Waals surface area contributed by atoms with Crippen molar-refractivity contribution in [3.05, 3.63) is 29.8 Å². The number of amides is 1. The molecule has 2 aliphatic carbocycles. The average molecular weight is 359 g/mol. The Bertz CT molecular complexity index is 634. The van der Waals surface area contributed by atoms with Crippen LogP contribution >= 0.6 is 0 Å². The number of hydrogen-bond donors (Lipinski definition) is 0. The molecule has 2 saturated carbocycles. The fraction of sp³-hybridized carbons (Fsp3) is 0.682. The van der Waals surface area contributed by atoms with Crippen molar-refractivity contribution in [3.63, 3.8) is 0 Å². The molecule has 0 aliphatic heterocycles. The van der Waals surface area contributed by atoms with Crippen molar-refractivity contribution >= 4 is 5.91 Å². The Labute approximate surface area is 158 Å². The van der Waals surface area contributed by atoms with E-state index in [1.807, 2.05) is 24.1 Å². The van der Waals surface area contributed by atoms with Gasteiger partial charge in [-0.1, -0.05) is 38.8 Å². The van der Waals surface area contributed by atoms with E-state index in [0.29, 0.717) is 6.04 Å². The van der Waals surface area contributed by atoms with Crippen LogP contribution in [0, 0.1) is 5.41 Å². The summed E-state index contributed by atoms with van der Waals surface area (Å²) in [4.78, 5) is 17.8. The summed E-state index contributed by atoms with van der Waals surface area (Å²) in [6.07, 6.45) is 6.21. The summed E-state index contributed by atoms with van der Waals surface area (Å²) in [5, 5.41) is 0. The third-order valence-corrected chi connectivity index (χ3v) is 6.77. The van der Waals surface area contributed by atoms with Crippen LogP contribution in [0.15, 0.2) is 24.3 Å². The molecule has 3 rings (SSSR count). The molecule has 1 aromatic carbocycles. The van der Waals surface area contributed by atoms with E-state index in [4.69, 9.17) is 4.74 Å². The van der Waals surface area contributed by atoms with Gasteiger partial charge < -0.3 is 14.5 Å². The lowest BCUT2D eigenvalue weighted by Crippen LogP contribution is -2.43. The Hall–Kier alpha value is -1.55. The normalized spacial score (nSPS) is 24.7. The third-order valence-electron chi connectivity index (χ3n) is 6.77. The quantitative estimate of drug-likeness (QED) is 0.745. The van der Waals surface area contributed by atoms with Gasteiger partial charge in [-0.15, -0.1) is 0 Å². The van der Waals surface area contributed by atoms with Crippen LogP contribution in [0.2, 0.25) is 0 Å². The van der Waals surface area contributed by atoms with Crippen molar-refractivity contribution in [3.8, 4) is 5.75 Å². The maximum absolute atomic E-state index is 13.4. The van der Waals surface area contributed by atoms with E-state index in [0.717, 1.165) is 30.8 Å². The Kier molecular flexibility index (Phi) is 5.34. The third kappa shape index (κ3) is 3.36. The van der Waals surface area contributed by atoms with Gasteiger partial charge in [0, 0.05) is 26.2 Å². The predicted octanol–water partition coefficient (Wildman–Crippen LogP) is 3.70. The number of carbonyl (C=O) groups excluding carboxylic acids is 1. The lowest BCUT2D eigenvalue weighted by Gasteiger charge is -2.30. The summed E-state index contributed by atoms with van der Waals surface area (Å²) in [6.45, 7) is 6.15. The Morgan fingerprint density at radius 2 is 1.69 bits per heavy atom. The maximum Gasteiger partial charge on any atom is 0.233 e. The minimum atomic E-state index is -0.389. The smallest absolute Gasteiger partial charge is 0.233 e. The van der Waals surface area contributed by atoms with Crippen molar-refractivity contribution in [2.24, 2.45) is 5.41 Å². The fourth-order valence-corrected chi connectivity index (χ4v) is 4.74. The van der Waals surface area contributed by atoms with Crippen molar-refractivity contribution in [1.82, 2.24) is 9.80 Å². The van der Waals surface area contributed by atoms with Gasteiger partial charge in [0.15, 0.2) is 0 Å². The number of benzene rings is 1. The Morgan fingerprint density at radius 1 is 1.12 bits per heavy atom. The fourth-order valence-electron chi connectivity index (χ4n) is 4.74. The minimum Gasteiger partial charge on any atom is -0.497 e. The second-order valence-electron chi connectivity index (χ2n) is 8.84. The highest BCUT2D eigenvalue weighted by Crippen LogP contribution is 2.65. The number of hydrogen-bond acceptors (Lipinski definition) is 3. The molecule has 0 aromatic heterocycles. The van der Waals surface area contributed by atoms with E-state index in [-0.39, 0.29) is 16.7 Å². The molecule has 1 unspecified atom stereocenters. The summed E-state index contributed by atoms with van der Waals surface area (Å²) < 4.78 is 5.27. The van der Waals surface area contributed by atoms with Gasteiger partial charge in [-0.3, -0.25) is 4.79 Å². The molecule has 1 amide bonds. The van der Waals surface area contributed by atoms with Crippen LogP contribution in [-0.4, -0.2) is 56.0 Å². The van der Waals surface area contributed by atoms with Gasteiger partial charge in [0.1, 0.15) is 5.75 Å². The molecule has 1 aromatic rings. The average Bonchev–Trinajstić information content (AvgIpc) is 3.01. The van der Waals surface area contributed by atoms with Gasteiger partial charge >= 0.3 is 0 Å². The second kappa shape index (κ2) is 7.22. The molecule has 0 saturated heterocycles. The molecule has 26 heavy (non-hydrogen) atoms. The first kappa shape index (κ1) is 19.2. The number of nitrogens with zero attached hydrogens (tertiary/aromatic N) is 2. The molecule has 2 fully saturated rings. The first-order chi connectivity index (χ1) is 12.3. The van der Waals surface area contributed by atoms with Crippen LogP contribution in [0.1, 0.15) is 51.5 Å². The standard InChI is InChI=1S/C22H34N2O2/c1-21(2)16-22(21,17-10-12-19(26-5)13-11-17)20(25)24(4)15-14-23(3)18-8-6-7-9-18/h10-13,18H,6-9,14-16H2,1-5H3. The van der Waals surface area contributed by atoms with Crippen molar-refractivity contribution in [1.29, 1.82) is 0 Å².